The van der Waals surface area contributed by atoms with Crippen LogP contribution in [0.1, 0.15) is 36.2 Å². The van der Waals surface area contributed by atoms with Gasteiger partial charge in [-0.1, -0.05) is 19.1 Å². The van der Waals surface area contributed by atoms with Gasteiger partial charge in [-0.2, -0.15) is 0 Å². The molecule has 3 heteroatoms. The van der Waals surface area contributed by atoms with Gasteiger partial charge >= 0.3 is 0 Å². The molecule has 0 aliphatic heterocycles. The Balaban J connectivity index is 2.43. The molecule has 0 radical (unpaired) electrons. The Kier molecular flexibility index (Phi) is 4.38. The Morgan fingerprint density at radius 2 is 2.16 bits per heavy atom. The average molecular weight is 259 g/mol. The number of fused-ring (bicyclic) bond motifs is 1. The van der Waals surface area contributed by atoms with E-state index >= 15 is 0 Å². The van der Waals surface area contributed by atoms with Crippen LogP contribution >= 0.6 is 0 Å². The molecule has 0 aliphatic rings. The van der Waals surface area contributed by atoms with E-state index in [4.69, 9.17) is 4.74 Å². The molecular formula is C16H21NO2. The highest BCUT2D eigenvalue weighted by atomic mass is 16.5. The summed E-state index contributed by atoms with van der Waals surface area (Å²) in [5, 5.41) is 1.25. The Hall–Kier alpha value is -1.61. The molecule has 0 saturated carbocycles. The second-order valence-electron chi connectivity index (χ2n) is 4.84. The topological polar surface area (TPSA) is 31.2 Å². The van der Waals surface area contributed by atoms with Crippen LogP contribution in [0.2, 0.25) is 0 Å². The van der Waals surface area contributed by atoms with E-state index in [0.717, 1.165) is 37.1 Å². The van der Waals surface area contributed by atoms with Gasteiger partial charge in [0.15, 0.2) is 5.78 Å². The molecule has 0 saturated heterocycles. The highest BCUT2D eigenvalue weighted by Gasteiger charge is 2.09. The quantitative estimate of drug-likeness (QED) is 0.588. The zero-order valence-corrected chi connectivity index (χ0v) is 11.9. The smallest absolute Gasteiger partial charge is 0.159 e. The summed E-state index contributed by atoms with van der Waals surface area (Å²) >= 11 is 0. The summed E-state index contributed by atoms with van der Waals surface area (Å²) in [6, 6.07) is 5.99. The Bertz CT molecular complexity index is 584. The van der Waals surface area contributed by atoms with E-state index < -0.39 is 0 Å². The SMILES string of the molecule is CCc1cn(CCCOC)c2cc(C(C)=O)ccc12. The maximum atomic E-state index is 11.5. The normalized spacial score (nSPS) is 11.1. The lowest BCUT2D eigenvalue weighted by Gasteiger charge is -2.05. The molecule has 1 heterocycles. The summed E-state index contributed by atoms with van der Waals surface area (Å²) in [5.74, 6) is 0.115. The molecule has 0 amide bonds. The second kappa shape index (κ2) is 6.02. The lowest BCUT2D eigenvalue weighted by atomic mass is 10.1. The second-order valence-corrected chi connectivity index (χ2v) is 4.84. The summed E-state index contributed by atoms with van der Waals surface area (Å²) in [4.78, 5) is 11.5. The van der Waals surface area contributed by atoms with Gasteiger partial charge in [-0.25, -0.2) is 0 Å². The molecule has 102 valence electrons. The molecule has 0 unspecified atom stereocenters. The monoisotopic (exact) mass is 259 g/mol. The van der Waals surface area contributed by atoms with Crippen molar-refractivity contribution in [1.29, 1.82) is 0 Å². The average Bonchev–Trinajstić information content (AvgIpc) is 2.76. The predicted octanol–water partition coefficient (Wildman–Crippen LogP) is 3.44. The largest absolute Gasteiger partial charge is 0.385 e. The maximum Gasteiger partial charge on any atom is 0.159 e. The van der Waals surface area contributed by atoms with Crippen LogP contribution in [-0.4, -0.2) is 24.1 Å². The van der Waals surface area contributed by atoms with E-state index in [0.29, 0.717) is 0 Å². The molecule has 0 spiro atoms. The standard InChI is InChI=1S/C16H21NO2/c1-4-13-11-17(8-5-9-19-3)16-10-14(12(2)18)6-7-15(13)16/h6-7,10-11H,4-5,8-9H2,1-3H3. The minimum Gasteiger partial charge on any atom is -0.385 e. The van der Waals surface area contributed by atoms with Crippen molar-refractivity contribution in [3.05, 3.63) is 35.5 Å². The summed E-state index contributed by atoms with van der Waals surface area (Å²) < 4.78 is 7.34. The molecule has 0 aliphatic carbocycles. The number of methoxy groups -OCH3 is 1. The van der Waals surface area contributed by atoms with Crippen LogP contribution in [0.5, 0.6) is 0 Å². The van der Waals surface area contributed by atoms with Crippen molar-refractivity contribution < 1.29 is 9.53 Å². The molecule has 2 rings (SSSR count). The van der Waals surface area contributed by atoms with Gasteiger partial charge in [-0.3, -0.25) is 4.79 Å². The first-order valence-corrected chi connectivity index (χ1v) is 6.79. The molecule has 0 atom stereocenters. The van der Waals surface area contributed by atoms with E-state index in [-0.39, 0.29) is 5.78 Å². The summed E-state index contributed by atoms with van der Waals surface area (Å²) in [5.41, 5.74) is 3.27. The van der Waals surface area contributed by atoms with Gasteiger partial charge in [0.1, 0.15) is 0 Å². The number of nitrogens with zero attached hydrogens (tertiary/aromatic N) is 1. The lowest BCUT2D eigenvalue weighted by Crippen LogP contribution is -2.00. The van der Waals surface area contributed by atoms with Crippen LogP contribution in [0.4, 0.5) is 0 Å². The van der Waals surface area contributed by atoms with Crippen molar-refractivity contribution in [2.75, 3.05) is 13.7 Å². The van der Waals surface area contributed by atoms with Gasteiger partial charge in [-0.15, -0.1) is 0 Å². The summed E-state index contributed by atoms with van der Waals surface area (Å²) in [7, 11) is 1.72. The number of ether oxygens (including phenoxy) is 1. The fourth-order valence-corrected chi connectivity index (χ4v) is 2.43. The van der Waals surface area contributed by atoms with E-state index in [1.54, 1.807) is 14.0 Å². The number of ketones is 1. The van der Waals surface area contributed by atoms with Gasteiger partial charge in [0, 0.05) is 42.9 Å². The van der Waals surface area contributed by atoms with E-state index in [1.807, 2.05) is 12.1 Å². The van der Waals surface area contributed by atoms with Crippen LogP contribution < -0.4 is 0 Å². The van der Waals surface area contributed by atoms with Crippen LogP contribution in [0.25, 0.3) is 10.9 Å². The molecule has 0 fully saturated rings. The first-order valence-electron chi connectivity index (χ1n) is 6.79. The highest BCUT2D eigenvalue weighted by Crippen LogP contribution is 2.24. The number of hydrogen-bond donors (Lipinski definition) is 0. The highest BCUT2D eigenvalue weighted by molar-refractivity contribution is 5.98. The summed E-state index contributed by atoms with van der Waals surface area (Å²) in [6.45, 7) is 5.45. The van der Waals surface area contributed by atoms with Gasteiger partial charge in [0.2, 0.25) is 0 Å². The fraction of sp³-hybridized carbons (Fsp3) is 0.438. The zero-order chi connectivity index (χ0) is 13.8. The van der Waals surface area contributed by atoms with Gasteiger partial charge in [0.25, 0.3) is 0 Å². The third kappa shape index (κ3) is 2.87. The van der Waals surface area contributed by atoms with Gasteiger partial charge in [0.05, 0.1) is 0 Å². The Morgan fingerprint density at radius 3 is 2.79 bits per heavy atom. The van der Waals surface area contributed by atoms with Crippen LogP contribution in [0, 0.1) is 0 Å². The minimum absolute atomic E-state index is 0.115. The van der Waals surface area contributed by atoms with E-state index in [9.17, 15) is 4.79 Å². The Morgan fingerprint density at radius 1 is 1.37 bits per heavy atom. The number of carbonyl (C=O) groups is 1. The van der Waals surface area contributed by atoms with Gasteiger partial charge < -0.3 is 9.30 Å². The van der Waals surface area contributed by atoms with Crippen molar-refractivity contribution in [1.82, 2.24) is 4.57 Å². The Labute approximate surface area is 114 Å². The van der Waals surface area contributed by atoms with Crippen LogP contribution in [0.15, 0.2) is 24.4 Å². The van der Waals surface area contributed by atoms with Crippen molar-refractivity contribution in [3.63, 3.8) is 0 Å². The summed E-state index contributed by atoms with van der Waals surface area (Å²) in [6.07, 6.45) is 4.19. The third-order valence-corrected chi connectivity index (χ3v) is 3.50. The lowest BCUT2D eigenvalue weighted by molar-refractivity contribution is 0.101. The fourth-order valence-electron chi connectivity index (χ4n) is 2.43. The molecule has 0 N–H and O–H groups in total. The van der Waals surface area contributed by atoms with Gasteiger partial charge in [-0.05, 0) is 31.4 Å². The first-order chi connectivity index (χ1) is 9.17. The van der Waals surface area contributed by atoms with Crippen molar-refractivity contribution in [3.8, 4) is 0 Å². The number of Topliss-reactive ketones (excluding diaryl/α,β-unsaturated/α-hetero) is 1. The number of rotatable bonds is 6. The minimum atomic E-state index is 0.115. The third-order valence-electron chi connectivity index (χ3n) is 3.50. The number of aryl methyl sites for hydroxylation is 2. The molecule has 19 heavy (non-hydrogen) atoms. The number of benzene rings is 1. The molecular weight excluding hydrogens is 238 g/mol. The van der Waals surface area contributed by atoms with Crippen molar-refractivity contribution >= 4 is 16.7 Å². The zero-order valence-electron chi connectivity index (χ0n) is 11.9. The van der Waals surface area contributed by atoms with Crippen LogP contribution in [0.3, 0.4) is 0 Å². The van der Waals surface area contributed by atoms with E-state index in [2.05, 4.69) is 23.8 Å². The first kappa shape index (κ1) is 13.8. The molecule has 1 aromatic heterocycles. The number of aromatic nitrogens is 1. The predicted molar refractivity (Wildman–Crippen MR) is 77.8 cm³/mol. The van der Waals surface area contributed by atoms with Crippen molar-refractivity contribution in [2.24, 2.45) is 0 Å². The maximum absolute atomic E-state index is 11.5. The number of carbonyl (C=O) groups excluding carboxylic acids is 1. The van der Waals surface area contributed by atoms with Crippen LogP contribution in [-0.2, 0) is 17.7 Å². The van der Waals surface area contributed by atoms with E-state index in [1.165, 1.54) is 10.9 Å². The molecule has 3 nitrogen and oxygen atoms in total. The van der Waals surface area contributed by atoms with Crippen molar-refractivity contribution in [2.45, 2.75) is 33.2 Å². The molecule has 0 bridgehead atoms. The molecule has 1 aromatic carbocycles. The number of hydrogen-bond acceptors (Lipinski definition) is 2. The molecule has 2 aromatic rings.